The highest BCUT2D eigenvalue weighted by molar-refractivity contribution is 5.84. The molecule has 0 bridgehead atoms. The van der Waals surface area contributed by atoms with E-state index >= 15 is 0 Å². The number of rotatable bonds is 15. The number of benzene rings is 3. The minimum atomic E-state index is -1.22. The Morgan fingerprint density at radius 3 is 1.95 bits per heavy atom. The van der Waals surface area contributed by atoms with E-state index in [0.29, 0.717) is 0 Å². The van der Waals surface area contributed by atoms with Crippen LogP contribution in [0.1, 0.15) is 24.5 Å². The fourth-order valence-corrected chi connectivity index (χ4v) is 4.22. The van der Waals surface area contributed by atoms with Gasteiger partial charge in [0.05, 0.1) is 19.1 Å². The van der Waals surface area contributed by atoms with Crippen molar-refractivity contribution in [3.05, 3.63) is 96.1 Å². The third kappa shape index (κ3) is 9.92. The van der Waals surface area contributed by atoms with Crippen LogP contribution in [0.5, 0.6) is 0 Å². The van der Waals surface area contributed by atoms with Crippen LogP contribution in [-0.2, 0) is 32.0 Å². The fraction of sp³-hybridized carbons (Fsp3) is 0.323. The van der Waals surface area contributed by atoms with Crippen molar-refractivity contribution >= 4 is 17.8 Å². The number of carboxylic acids is 1. The number of carbonyl (C=O) groups is 3. The molecule has 0 saturated heterocycles. The normalized spacial score (nSPS) is 14.0. The topological polar surface area (TPSA) is 145 Å². The van der Waals surface area contributed by atoms with Crippen LogP contribution in [0.4, 0.5) is 0 Å². The highest BCUT2D eigenvalue weighted by Gasteiger charge is 2.29. The van der Waals surface area contributed by atoms with Crippen LogP contribution in [0, 0.1) is 0 Å². The van der Waals surface area contributed by atoms with Crippen molar-refractivity contribution in [3.63, 3.8) is 0 Å². The van der Waals surface area contributed by atoms with Crippen LogP contribution in [0.15, 0.2) is 84.9 Å². The number of esters is 1. The molecule has 0 saturated carbocycles. The number of carboxylic acid groups (broad SMARTS) is 1. The van der Waals surface area contributed by atoms with E-state index in [1.54, 1.807) is 6.92 Å². The van der Waals surface area contributed by atoms with Crippen LogP contribution in [0.25, 0.3) is 11.1 Å². The van der Waals surface area contributed by atoms with Gasteiger partial charge in [-0.1, -0.05) is 84.9 Å². The summed E-state index contributed by atoms with van der Waals surface area (Å²) >= 11 is 0. The summed E-state index contributed by atoms with van der Waals surface area (Å²) in [5, 5.41) is 33.7. The Kier molecular flexibility index (Phi) is 11.8. The van der Waals surface area contributed by atoms with Gasteiger partial charge in [-0.25, -0.2) is 0 Å². The van der Waals surface area contributed by atoms with Crippen molar-refractivity contribution in [2.24, 2.45) is 0 Å². The molecular weight excluding hydrogens is 512 g/mol. The summed E-state index contributed by atoms with van der Waals surface area (Å²) in [5.74, 6) is -2.18. The van der Waals surface area contributed by atoms with Crippen molar-refractivity contribution < 1.29 is 34.4 Å². The number of amides is 1. The first-order valence-corrected chi connectivity index (χ1v) is 13.2. The Labute approximate surface area is 233 Å². The fourth-order valence-electron chi connectivity index (χ4n) is 4.22. The molecule has 0 spiro atoms. The molecule has 0 aromatic heterocycles. The maximum absolute atomic E-state index is 13.4. The van der Waals surface area contributed by atoms with Gasteiger partial charge in [0.2, 0.25) is 5.91 Å². The van der Waals surface area contributed by atoms with E-state index in [-0.39, 0.29) is 19.3 Å². The van der Waals surface area contributed by atoms with Crippen molar-refractivity contribution in [1.29, 1.82) is 0 Å². The first-order chi connectivity index (χ1) is 19.2. The van der Waals surface area contributed by atoms with E-state index in [0.717, 1.165) is 22.3 Å². The molecule has 9 nitrogen and oxygen atoms in total. The largest absolute Gasteiger partial charge is 0.481 e. The Hall–Kier alpha value is -4.05. The van der Waals surface area contributed by atoms with Crippen molar-refractivity contribution in [2.75, 3.05) is 13.2 Å². The molecule has 9 heteroatoms. The van der Waals surface area contributed by atoms with Gasteiger partial charge < -0.3 is 25.4 Å². The zero-order chi connectivity index (χ0) is 28.9. The van der Waals surface area contributed by atoms with Gasteiger partial charge >= 0.3 is 11.9 Å². The Morgan fingerprint density at radius 1 is 0.800 bits per heavy atom. The molecule has 3 aromatic rings. The van der Waals surface area contributed by atoms with Gasteiger partial charge in [-0.2, -0.15) is 0 Å². The van der Waals surface area contributed by atoms with Gasteiger partial charge in [-0.3, -0.25) is 19.7 Å². The zero-order valence-electron chi connectivity index (χ0n) is 22.4. The van der Waals surface area contributed by atoms with E-state index in [1.807, 2.05) is 84.9 Å². The van der Waals surface area contributed by atoms with E-state index in [4.69, 9.17) is 14.9 Å². The number of ether oxygens (including phenoxy) is 1. The quantitative estimate of drug-likeness (QED) is 0.182. The lowest BCUT2D eigenvalue weighted by Crippen LogP contribution is -2.54. The molecule has 2 unspecified atom stereocenters. The van der Waals surface area contributed by atoms with Gasteiger partial charge in [0.15, 0.2) is 0 Å². The van der Waals surface area contributed by atoms with Crippen molar-refractivity contribution in [1.82, 2.24) is 10.6 Å². The molecule has 40 heavy (non-hydrogen) atoms. The minimum Gasteiger partial charge on any atom is -0.481 e. The van der Waals surface area contributed by atoms with Crippen molar-refractivity contribution in [2.45, 2.75) is 50.4 Å². The summed E-state index contributed by atoms with van der Waals surface area (Å²) in [6, 6.07) is 24.3. The van der Waals surface area contributed by atoms with Gasteiger partial charge in [0, 0.05) is 6.04 Å². The maximum Gasteiger partial charge on any atom is 0.323 e. The molecule has 0 radical (unpaired) electrons. The number of hydrogen-bond donors (Lipinski definition) is 5. The molecule has 0 aliphatic carbocycles. The third-order valence-electron chi connectivity index (χ3n) is 6.29. The molecule has 3 aromatic carbocycles. The molecule has 4 atom stereocenters. The molecule has 1 amide bonds. The molecule has 5 N–H and O–H groups in total. The van der Waals surface area contributed by atoms with Crippen LogP contribution in [-0.4, -0.2) is 70.6 Å². The molecule has 0 aliphatic heterocycles. The average molecular weight is 549 g/mol. The molecule has 0 heterocycles. The Bertz CT molecular complexity index is 1220. The van der Waals surface area contributed by atoms with Crippen LogP contribution < -0.4 is 10.6 Å². The molecular formula is C31H36N2O7. The summed E-state index contributed by atoms with van der Waals surface area (Å²) in [6.45, 7) is 0.648. The van der Waals surface area contributed by atoms with Crippen LogP contribution >= 0.6 is 0 Å². The maximum atomic E-state index is 13.4. The average Bonchev–Trinajstić information content (AvgIpc) is 2.95. The lowest BCUT2D eigenvalue weighted by atomic mass is 9.98. The van der Waals surface area contributed by atoms with Gasteiger partial charge in [0.25, 0.3) is 0 Å². The van der Waals surface area contributed by atoms with E-state index in [9.17, 15) is 19.5 Å². The first kappa shape index (κ1) is 30.5. The predicted molar refractivity (Wildman–Crippen MR) is 150 cm³/mol. The highest BCUT2D eigenvalue weighted by Crippen LogP contribution is 2.20. The smallest absolute Gasteiger partial charge is 0.323 e. The van der Waals surface area contributed by atoms with Crippen molar-refractivity contribution in [3.8, 4) is 11.1 Å². The number of carbonyl (C=O) groups excluding carboxylic acids is 2. The number of aliphatic hydroxyl groups excluding tert-OH is 2. The molecule has 0 aliphatic rings. The van der Waals surface area contributed by atoms with E-state index in [2.05, 4.69) is 10.6 Å². The zero-order valence-corrected chi connectivity index (χ0v) is 22.4. The monoisotopic (exact) mass is 548 g/mol. The van der Waals surface area contributed by atoms with E-state index in [1.165, 1.54) is 0 Å². The van der Waals surface area contributed by atoms with Gasteiger partial charge in [0.1, 0.15) is 18.8 Å². The number of nitrogens with one attached hydrogen (secondary N) is 2. The lowest BCUT2D eigenvalue weighted by molar-refractivity contribution is -0.150. The molecule has 3 rings (SSSR count). The van der Waals surface area contributed by atoms with E-state index < -0.39 is 55.3 Å². The lowest BCUT2D eigenvalue weighted by Gasteiger charge is -2.26. The number of hydrogen-bond acceptors (Lipinski definition) is 7. The molecule has 212 valence electrons. The summed E-state index contributed by atoms with van der Waals surface area (Å²) in [5.41, 5.74) is 3.73. The highest BCUT2D eigenvalue weighted by atomic mass is 16.5. The minimum absolute atomic E-state index is 0.205. The number of aliphatic hydroxyl groups is 2. The predicted octanol–water partition coefficient (Wildman–Crippen LogP) is 2.34. The second-order valence-corrected chi connectivity index (χ2v) is 9.70. The summed E-state index contributed by atoms with van der Waals surface area (Å²) in [4.78, 5) is 37.6. The van der Waals surface area contributed by atoms with Gasteiger partial charge in [-0.05, 0) is 42.0 Å². The Balaban J connectivity index is 1.84. The second-order valence-electron chi connectivity index (χ2n) is 9.70. The van der Waals surface area contributed by atoms with Crippen LogP contribution in [0.3, 0.4) is 0 Å². The summed E-state index contributed by atoms with van der Waals surface area (Å²) < 4.78 is 5.24. The second kappa shape index (κ2) is 15.5. The Morgan fingerprint density at radius 2 is 1.35 bits per heavy atom. The summed E-state index contributed by atoms with van der Waals surface area (Å²) in [6.07, 6.45) is -1.05. The van der Waals surface area contributed by atoms with Gasteiger partial charge in [-0.15, -0.1) is 0 Å². The summed E-state index contributed by atoms with van der Waals surface area (Å²) in [7, 11) is 0. The first-order valence-electron chi connectivity index (χ1n) is 13.2. The SMILES string of the molecule is C[C@H](CC(=O)O)NC(=O)[C@H](Cc1ccc(-c2ccccc2)cc1)NC(Cc1ccccc1)C(=O)OCC(O)CO. The van der Waals surface area contributed by atoms with Crippen LogP contribution in [0.2, 0.25) is 0 Å². The molecule has 0 fully saturated rings. The standard InChI is InChI=1S/C31H36N2O7/c1-21(16-29(36)37)32-30(38)27(17-23-12-14-25(15-13-23)24-10-6-3-7-11-24)33-28(18-22-8-4-2-5-9-22)31(39)40-20-26(35)19-34/h2-15,21,26-28,33-35H,16-20H2,1H3,(H,32,38)(H,36,37)/t21-,26?,27+,28?/m1/s1. The number of aliphatic carboxylic acids is 1. The third-order valence-corrected chi connectivity index (χ3v) is 6.29.